The number of nitrogens with zero attached hydrogens (tertiary/aromatic N) is 5. The van der Waals surface area contributed by atoms with Gasteiger partial charge in [0.1, 0.15) is 10.8 Å². The molecule has 5 rings (SSSR count). The number of hydrogen-bond donors (Lipinski definition) is 0. The van der Waals surface area contributed by atoms with Crippen molar-refractivity contribution >= 4 is 23.3 Å². The van der Waals surface area contributed by atoms with Gasteiger partial charge in [-0.05, 0) is 74.1 Å². The highest BCUT2D eigenvalue weighted by atomic mass is 32.2. The summed E-state index contributed by atoms with van der Waals surface area (Å²) in [5, 5.41) is 14.0. The first kappa shape index (κ1) is 23.4. The molecule has 35 heavy (non-hydrogen) atoms. The number of amides is 1. The van der Waals surface area contributed by atoms with E-state index in [2.05, 4.69) is 40.5 Å². The zero-order valence-electron chi connectivity index (χ0n) is 19.8. The summed E-state index contributed by atoms with van der Waals surface area (Å²) in [5.74, 6) is 2.68. The van der Waals surface area contributed by atoms with Gasteiger partial charge >= 0.3 is 0 Å². The Morgan fingerprint density at radius 3 is 2.51 bits per heavy atom. The van der Waals surface area contributed by atoms with Crippen molar-refractivity contribution in [3.05, 3.63) is 72.3 Å². The van der Waals surface area contributed by atoms with E-state index in [0.717, 1.165) is 48.7 Å². The quantitative estimate of drug-likeness (QED) is 0.334. The van der Waals surface area contributed by atoms with Crippen LogP contribution in [0.15, 0.2) is 71.8 Å². The van der Waals surface area contributed by atoms with Crippen molar-refractivity contribution in [1.29, 1.82) is 0 Å². The molecule has 0 atom stereocenters. The number of ether oxygens (including phenoxy) is 1. The van der Waals surface area contributed by atoms with Gasteiger partial charge in [-0.2, -0.15) is 9.61 Å². The molecule has 0 spiro atoms. The van der Waals surface area contributed by atoms with E-state index in [0.29, 0.717) is 29.7 Å². The highest BCUT2D eigenvalue weighted by molar-refractivity contribution is 7.99. The number of likely N-dealkylation sites (tertiary alicyclic amines) is 1. The van der Waals surface area contributed by atoms with Crippen molar-refractivity contribution in [2.75, 3.05) is 25.4 Å². The Labute approximate surface area is 209 Å². The molecular weight excluding hydrogens is 458 g/mol. The summed E-state index contributed by atoms with van der Waals surface area (Å²) >= 11 is 1.46. The third-order valence-corrected chi connectivity index (χ3v) is 7.24. The lowest BCUT2D eigenvalue weighted by atomic mass is 9.90. The Bertz CT molecular complexity index is 1270. The van der Waals surface area contributed by atoms with Crippen LogP contribution in [-0.2, 0) is 11.2 Å². The molecule has 0 bridgehead atoms. The number of fused-ring (bicyclic) bond motifs is 1. The van der Waals surface area contributed by atoms with Gasteiger partial charge in [0.05, 0.1) is 12.4 Å². The van der Waals surface area contributed by atoms with Gasteiger partial charge in [-0.25, -0.2) is 0 Å². The minimum Gasteiger partial charge on any atom is -0.494 e. The maximum absolute atomic E-state index is 12.9. The lowest BCUT2D eigenvalue weighted by Crippen LogP contribution is -2.39. The fourth-order valence-electron chi connectivity index (χ4n) is 4.46. The van der Waals surface area contributed by atoms with Crippen molar-refractivity contribution in [2.45, 2.75) is 31.2 Å². The summed E-state index contributed by atoms with van der Waals surface area (Å²) in [6.45, 7) is 4.25. The molecule has 8 heteroatoms. The summed E-state index contributed by atoms with van der Waals surface area (Å²) in [7, 11) is 0. The predicted octanol–water partition coefficient (Wildman–Crippen LogP) is 4.76. The highest BCUT2D eigenvalue weighted by Crippen LogP contribution is 2.25. The zero-order valence-corrected chi connectivity index (χ0v) is 20.7. The zero-order chi connectivity index (χ0) is 24.0. The van der Waals surface area contributed by atoms with Gasteiger partial charge in [0.2, 0.25) is 5.91 Å². The molecule has 1 aliphatic heterocycles. The van der Waals surface area contributed by atoms with E-state index in [1.807, 2.05) is 48.2 Å². The lowest BCUT2D eigenvalue weighted by molar-refractivity contribution is -0.129. The molecule has 0 saturated carbocycles. The Balaban J connectivity index is 1.18. The average Bonchev–Trinajstić information content (AvgIpc) is 3.32. The monoisotopic (exact) mass is 487 g/mol. The number of carbonyl (C=O) groups excluding carboxylic acids is 1. The van der Waals surface area contributed by atoms with Gasteiger partial charge in [-0.1, -0.05) is 42.1 Å². The molecule has 180 valence electrons. The third-order valence-electron chi connectivity index (χ3n) is 6.34. The normalized spacial score (nSPS) is 14.4. The standard InChI is InChI=1S/C27H29N5O2S/c1-2-34-23-10-8-22(9-11-23)27-29-28-24-12-13-25(30-32(24)27)35-19-26(33)31-16-14-21(15-17-31)18-20-6-4-3-5-7-20/h3-13,21H,2,14-19H2,1H3. The SMILES string of the molecule is CCOc1ccc(-c2nnc3ccc(SCC(=O)N4CCC(Cc5ccccc5)CC4)nn23)cc1. The summed E-state index contributed by atoms with van der Waals surface area (Å²) in [6.07, 6.45) is 3.21. The Morgan fingerprint density at radius 1 is 1.00 bits per heavy atom. The largest absolute Gasteiger partial charge is 0.494 e. The van der Waals surface area contributed by atoms with Crippen LogP contribution in [0.3, 0.4) is 0 Å². The molecule has 1 fully saturated rings. The van der Waals surface area contributed by atoms with E-state index in [1.54, 1.807) is 4.52 Å². The number of carbonyl (C=O) groups is 1. The molecule has 0 aliphatic carbocycles. The van der Waals surface area contributed by atoms with Crippen LogP contribution in [0, 0.1) is 5.92 Å². The summed E-state index contributed by atoms with van der Waals surface area (Å²) in [6, 6.07) is 22.1. The molecule has 2 aromatic heterocycles. The molecule has 2 aromatic carbocycles. The number of hydrogen-bond acceptors (Lipinski definition) is 6. The van der Waals surface area contributed by atoms with Gasteiger partial charge in [0.25, 0.3) is 0 Å². The molecular formula is C27H29N5O2S. The number of aromatic nitrogens is 4. The number of thioether (sulfide) groups is 1. The molecule has 1 aliphatic rings. The molecule has 1 amide bonds. The van der Waals surface area contributed by atoms with E-state index >= 15 is 0 Å². The molecule has 0 unspecified atom stereocenters. The second kappa shape index (κ2) is 10.9. The fraction of sp³-hybridized carbons (Fsp3) is 0.333. The summed E-state index contributed by atoms with van der Waals surface area (Å²) in [4.78, 5) is 14.9. The van der Waals surface area contributed by atoms with Crippen LogP contribution in [0.5, 0.6) is 5.75 Å². The van der Waals surface area contributed by atoms with Crippen LogP contribution in [0.25, 0.3) is 17.0 Å². The Kier molecular flexibility index (Phi) is 7.28. The topological polar surface area (TPSA) is 72.6 Å². The van der Waals surface area contributed by atoms with Gasteiger partial charge in [0.15, 0.2) is 11.5 Å². The average molecular weight is 488 g/mol. The third kappa shape index (κ3) is 5.65. The van der Waals surface area contributed by atoms with Crippen molar-refractivity contribution in [2.24, 2.45) is 5.92 Å². The van der Waals surface area contributed by atoms with Crippen LogP contribution in [0.1, 0.15) is 25.3 Å². The molecule has 0 radical (unpaired) electrons. The lowest BCUT2D eigenvalue weighted by Gasteiger charge is -2.32. The predicted molar refractivity (Wildman–Crippen MR) is 138 cm³/mol. The minimum absolute atomic E-state index is 0.172. The number of piperidine rings is 1. The maximum Gasteiger partial charge on any atom is 0.232 e. The molecule has 7 nitrogen and oxygen atoms in total. The van der Waals surface area contributed by atoms with Gasteiger partial charge in [0, 0.05) is 18.7 Å². The van der Waals surface area contributed by atoms with E-state index in [4.69, 9.17) is 9.84 Å². The van der Waals surface area contributed by atoms with E-state index in [-0.39, 0.29) is 5.91 Å². The second-order valence-corrected chi connectivity index (χ2v) is 9.72. The first-order valence-electron chi connectivity index (χ1n) is 12.1. The Hall–Kier alpha value is -3.39. The van der Waals surface area contributed by atoms with Crippen LogP contribution >= 0.6 is 11.8 Å². The molecule has 3 heterocycles. The second-order valence-electron chi connectivity index (χ2n) is 8.73. The van der Waals surface area contributed by atoms with Crippen molar-refractivity contribution in [3.63, 3.8) is 0 Å². The van der Waals surface area contributed by atoms with Gasteiger partial charge in [-0.3, -0.25) is 4.79 Å². The molecule has 1 saturated heterocycles. The van der Waals surface area contributed by atoms with Gasteiger partial charge in [-0.15, -0.1) is 10.2 Å². The van der Waals surface area contributed by atoms with E-state index in [9.17, 15) is 4.79 Å². The van der Waals surface area contributed by atoms with Crippen LogP contribution in [0.4, 0.5) is 0 Å². The maximum atomic E-state index is 12.9. The number of benzene rings is 2. The van der Waals surface area contributed by atoms with Crippen LogP contribution < -0.4 is 4.74 Å². The van der Waals surface area contributed by atoms with Gasteiger partial charge < -0.3 is 9.64 Å². The van der Waals surface area contributed by atoms with Crippen molar-refractivity contribution in [1.82, 2.24) is 24.7 Å². The van der Waals surface area contributed by atoms with Crippen LogP contribution in [0.2, 0.25) is 0 Å². The molecule has 0 N–H and O–H groups in total. The summed E-state index contributed by atoms with van der Waals surface area (Å²) < 4.78 is 7.26. The first-order valence-corrected chi connectivity index (χ1v) is 13.1. The Morgan fingerprint density at radius 2 is 1.77 bits per heavy atom. The molecule has 4 aromatic rings. The minimum atomic E-state index is 0.172. The summed E-state index contributed by atoms with van der Waals surface area (Å²) in [5.41, 5.74) is 2.96. The van der Waals surface area contributed by atoms with Crippen molar-refractivity contribution in [3.8, 4) is 17.1 Å². The smallest absolute Gasteiger partial charge is 0.232 e. The first-order chi connectivity index (χ1) is 17.2. The highest BCUT2D eigenvalue weighted by Gasteiger charge is 2.23. The number of rotatable bonds is 8. The van der Waals surface area contributed by atoms with E-state index in [1.165, 1.54) is 17.3 Å². The fourth-order valence-corrected chi connectivity index (χ4v) is 5.21. The van der Waals surface area contributed by atoms with Crippen LogP contribution in [-0.4, -0.2) is 56.1 Å². The van der Waals surface area contributed by atoms with Crippen molar-refractivity contribution < 1.29 is 9.53 Å². The van der Waals surface area contributed by atoms with E-state index < -0.39 is 0 Å².